The van der Waals surface area contributed by atoms with E-state index in [0.29, 0.717) is 0 Å². The van der Waals surface area contributed by atoms with Gasteiger partial charge in [-0.05, 0) is 5.56 Å². The highest BCUT2D eigenvalue weighted by Crippen LogP contribution is 2.15. The van der Waals surface area contributed by atoms with Crippen LogP contribution in [0.5, 0.6) is 0 Å². The van der Waals surface area contributed by atoms with Crippen molar-refractivity contribution in [2.45, 2.75) is 6.04 Å². The van der Waals surface area contributed by atoms with Gasteiger partial charge in [-0.25, -0.2) is 4.79 Å². The Morgan fingerprint density at radius 3 is 2.64 bits per heavy atom. The first-order valence-electron chi connectivity index (χ1n) is 4.13. The van der Waals surface area contributed by atoms with Crippen LogP contribution < -0.4 is 11.4 Å². The predicted molar refractivity (Wildman–Crippen MR) is 49.6 cm³/mol. The molecule has 0 bridgehead atoms. The van der Waals surface area contributed by atoms with Crippen LogP contribution in [0.2, 0.25) is 0 Å². The van der Waals surface area contributed by atoms with E-state index >= 15 is 0 Å². The Bertz CT molecular complexity index is 460. The molecule has 5 nitrogen and oxygen atoms in total. The normalized spacial score (nSPS) is 12.6. The fourth-order valence-electron chi connectivity index (χ4n) is 1.18. The number of benzene rings is 1. The molecule has 0 saturated carbocycles. The topological polar surface area (TPSA) is 84.9 Å². The molecule has 0 amide bonds. The first-order valence-corrected chi connectivity index (χ1v) is 4.13. The Hall–Kier alpha value is -1.88. The molecule has 2 aromatic rings. The second-order valence-corrected chi connectivity index (χ2v) is 2.85. The second-order valence-electron chi connectivity index (χ2n) is 2.85. The van der Waals surface area contributed by atoms with Gasteiger partial charge in [0, 0.05) is 0 Å². The summed E-state index contributed by atoms with van der Waals surface area (Å²) in [6.45, 7) is 0. The van der Waals surface area contributed by atoms with Crippen LogP contribution in [-0.2, 0) is 0 Å². The van der Waals surface area contributed by atoms with Crippen molar-refractivity contribution in [3.05, 3.63) is 52.3 Å². The molecule has 1 heterocycles. The number of hydrogen-bond acceptors (Lipinski definition) is 4. The van der Waals surface area contributed by atoms with E-state index in [-0.39, 0.29) is 5.89 Å². The van der Waals surface area contributed by atoms with Crippen molar-refractivity contribution >= 4 is 0 Å². The van der Waals surface area contributed by atoms with Crippen LogP contribution in [0.15, 0.2) is 39.6 Å². The third-order valence-corrected chi connectivity index (χ3v) is 1.88. The average Bonchev–Trinajstić information content (AvgIpc) is 2.65. The van der Waals surface area contributed by atoms with Crippen molar-refractivity contribution in [2.24, 2.45) is 5.73 Å². The number of rotatable bonds is 2. The summed E-state index contributed by atoms with van der Waals surface area (Å²) in [6, 6.07) is 8.80. The van der Waals surface area contributed by atoms with Crippen LogP contribution in [0.1, 0.15) is 17.5 Å². The quantitative estimate of drug-likeness (QED) is 0.720. The first-order chi connectivity index (χ1) is 6.77. The number of nitrogens with zero attached hydrogens (tertiary/aromatic N) is 1. The Labute approximate surface area is 79.5 Å². The minimum atomic E-state index is -0.522. The second kappa shape index (κ2) is 3.47. The Morgan fingerprint density at radius 2 is 2.07 bits per heavy atom. The number of hydrogen-bond donors (Lipinski definition) is 2. The molecule has 0 aliphatic heterocycles. The van der Waals surface area contributed by atoms with Gasteiger partial charge in [0.1, 0.15) is 6.04 Å². The molecule has 1 aromatic heterocycles. The molecule has 0 spiro atoms. The molecule has 1 atom stereocenters. The van der Waals surface area contributed by atoms with Gasteiger partial charge in [-0.1, -0.05) is 30.3 Å². The lowest BCUT2D eigenvalue weighted by Gasteiger charge is -2.05. The predicted octanol–water partition coefficient (Wildman–Crippen LogP) is 0.411. The molecule has 1 aromatic carbocycles. The van der Waals surface area contributed by atoms with E-state index in [9.17, 15) is 4.79 Å². The number of aromatic amines is 1. The van der Waals surface area contributed by atoms with E-state index in [4.69, 9.17) is 10.3 Å². The molecule has 2 rings (SSSR count). The van der Waals surface area contributed by atoms with Crippen LogP contribution in [0.4, 0.5) is 0 Å². The summed E-state index contributed by atoms with van der Waals surface area (Å²) in [4.78, 5) is 14.3. The van der Waals surface area contributed by atoms with E-state index in [2.05, 4.69) is 10.1 Å². The lowest BCUT2D eigenvalue weighted by molar-refractivity contribution is 0.363. The highest BCUT2D eigenvalue weighted by atomic mass is 16.5. The minimum Gasteiger partial charge on any atom is -0.360 e. The van der Waals surface area contributed by atoms with E-state index in [1.54, 1.807) is 0 Å². The smallest absolute Gasteiger partial charge is 0.360 e. The van der Waals surface area contributed by atoms with E-state index in [1.165, 1.54) is 0 Å². The van der Waals surface area contributed by atoms with E-state index in [0.717, 1.165) is 5.56 Å². The van der Waals surface area contributed by atoms with Crippen molar-refractivity contribution in [3.8, 4) is 0 Å². The summed E-state index contributed by atoms with van der Waals surface area (Å²) < 4.78 is 4.81. The number of nitrogens with one attached hydrogen (secondary N) is 1. The molecule has 1 unspecified atom stereocenters. The van der Waals surface area contributed by atoms with E-state index < -0.39 is 11.7 Å². The lowest BCUT2D eigenvalue weighted by atomic mass is 10.1. The summed E-state index contributed by atoms with van der Waals surface area (Å²) in [7, 11) is 0. The third kappa shape index (κ3) is 1.57. The lowest BCUT2D eigenvalue weighted by Crippen LogP contribution is -2.13. The van der Waals surface area contributed by atoms with Crippen molar-refractivity contribution in [3.63, 3.8) is 0 Å². The fourth-order valence-corrected chi connectivity index (χ4v) is 1.18. The molecule has 0 aliphatic carbocycles. The van der Waals surface area contributed by atoms with Crippen LogP contribution in [0.25, 0.3) is 0 Å². The first kappa shape index (κ1) is 8.71. The molecule has 3 N–H and O–H groups in total. The monoisotopic (exact) mass is 191 g/mol. The maximum atomic E-state index is 10.7. The summed E-state index contributed by atoms with van der Waals surface area (Å²) in [5.74, 6) is 0.196. The molecule has 0 aliphatic rings. The molecule has 0 saturated heterocycles. The largest absolute Gasteiger partial charge is 0.377 e. The molecular formula is C9H9N3O2. The number of aromatic nitrogens is 2. The van der Waals surface area contributed by atoms with Crippen LogP contribution >= 0.6 is 0 Å². The summed E-state index contributed by atoms with van der Waals surface area (Å²) in [6.07, 6.45) is 0. The molecule has 14 heavy (non-hydrogen) atoms. The third-order valence-electron chi connectivity index (χ3n) is 1.88. The van der Waals surface area contributed by atoms with Gasteiger partial charge in [0.2, 0.25) is 5.89 Å². The Kier molecular flexibility index (Phi) is 2.16. The number of H-pyrrole nitrogens is 1. The molecule has 0 fully saturated rings. The average molecular weight is 191 g/mol. The van der Waals surface area contributed by atoms with Crippen LogP contribution in [0.3, 0.4) is 0 Å². The van der Waals surface area contributed by atoms with Gasteiger partial charge in [0.25, 0.3) is 0 Å². The molecular weight excluding hydrogens is 182 g/mol. The van der Waals surface area contributed by atoms with Gasteiger partial charge in [0.15, 0.2) is 0 Å². The Balaban J connectivity index is 2.33. The maximum absolute atomic E-state index is 10.7. The van der Waals surface area contributed by atoms with Gasteiger partial charge in [-0.2, -0.15) is 10.1 Å². The van der Waals surface area contributed by atoms with Crippen molar-refractivity contribution in [2.75, 3.05) is 0 Å². The minimum absolute atomic E-state index is 0.196. The van der Waals surface area contributed by atoms with Gasteiger partial charge >= 0.3 is 5.69 Å². The highest BCUT2D eigenvalue weighted by Gasteiger charge is 2.14. The standard InChI is InChI=1S/C9H9N3O2/c10-7(6-4-2-1-3-5-6)8-11-9(13)12-14-8/h1-5,7H,10H2,(H,12,13). The molecule has 5 heteroatoms. The van der Waals surface area contributed by atoms with Gasteiger partial charge < -0.3 is 10.3 Å². The van der Waals surface area contributed by atoms with Gasteiger partial charge in [-0.3, -0.25) is 0 Å². The van der Waals surface area contributed by atoms with E-state index in [1.807, 2.05) is 30.3 Å². The Morgan fingerprint density at radius 1 is 1.36 bits per heavy atom. The van der Waals surface area contributed by atoms with Crippen LogP contribution in [0, 0.1) is 0 Å². The summed E-state index contributed by atoms with van der Waals surface area (Å²) >= 11 is 0. The zero-order chi connectivity index (χ0) is 9.97. The van der Waals surface area contributed by atoms with Crippen molar-refractivity contribution in [1.29, 1.82) is 0 Å². The van der Waals surface area contributed by atoms with Crippen molar-refractivity contribution < 1.29 is 4.52 Å². The van der Waals surface area contributed by atoms with Gasteiger partial charge in [0.05, 0.1) is 0 Å². The summed E-state index contributed by atoms with van der Waals surface area (Å²) in [5, 5.41) is 2.10. The van der Waals surface area contributed by atoms with Crippen molar-refractivity contribution in [1.82, 2.24) is 10.1 Å². The zero-order valence-corrected chi connectivity index (χ0v) is 7.31. The SMILES string of the molecule is NC(c1ccccc1)c1nc(=O)[nH]o1. The molecule has 72 valence electrons. The fraction of sp³-hybridized carbons (Fsp3) is 0.111. The van der Waals surface area contributed by atoms with Crippen LogP contribution in [-0.4, -0.2) is 10.1 Å². The maximum Gasteiger partial charge on any atom is 0.377 e. The number of nitrogens with two attached hydrogens (primary N) is 1. The zero-order valence-electron chi connectivity index (χ0n) is 7.31. The molecule has 0 radical (unpaired) electrons. The highest BCUT2D eigenvalue weighted by molar-refractivity contribution is 5.22. The summed E-state index contributed by atoms with van der Waals surface area (Å²) in [5.41, 5.74) is 6.14. The van der Waals surface area contributed by atoms with Gasteiger partial charge in [-0.15, -0.1) is 0 Å².